The lowest BCUT2D eigenvalue weighted by Gasteiger charge is -2.43. The molecular formula is C34H28FN3O5S2. The van der Waals surface area contributed by atoms with Crippen molar-refractivity contribution in [3.63, 3.8) is 0 Å². The van der Waals surface area contributed by atoms with E-state index in [1.807, 2.05) is 49.4 Å². The largest absolute Gasteiger partial charge is 0.484 e. The summed E-state index contributed by atoms with van der Waals surface area (Å²) in [4.78, 5) is 57.9. The van der Waals surface area contributed by atoms with Crippen LogP contribution in [0.25, 0.3) is 0 Å². The molecule has 2 N–H and O–H groups in total. The van der Waals surface area contributed by atoms with Crippen molar-refractivity contribution < 1.29 is 23.5 Å². The lowest BCUT2D eigenvalue weighted by molar-refractivity contribution is -0.123. The van der Waals surface area contributed by atoms with Crippen molar-refractivity contribution >= 4 is 52.2 Å². The Kier molecular flexibility index (Phi) is 6.72. The summed E-state index contributed by atoms with van der Waals surface area (Å²) in [7, 11) is 0. The van der Waals surface area contributed by atoms with Gasteiger partial charge in [0.15, 0.2) is 6.61 Å². The fourth-order valence-corrected chi connectivity index (χ4v) is 11.0. The van der Waals surface area contributed by atoms with E-state index in [0.717, 1.165) is 27.5 Å². The Hall–Kier alpha value is -4.22. The number of nitrogens with zero attached hydrogens (tertiary/aromatic N) is 1. The minimum absolute atomic E-state index is 0.0185. The third-order valence-corrected chi connectivity index (χ3v) is 12.3. The Morgan fingerprint density at radius 3 is 2.53 bits per heavy atom. The van der Waals surface area contributed by atoms with Crippen LogP contribution < -0.4 is 19.8 Å². The van der Waals surface area contributed by atoms with Crippen molar-refractivity contribution in [2.24, 2.45) is 29.6 Å². The Morgan fingerprint density at radius 1 is 1.00 bits per heavy atom. The van der Waals surface area contributed by atoms with E-state index in [-0.39, 0.29) is 58.1 Å². The number of amides is 3. The first kappa shape index (κ1) is 28.3. The molecule has 0 unspecified atom stereocenters. The number of thioether (sulfide) groups is 1. The SMILES string of the molecule is Cc1cccc(NC(=O)COc2cccc([C@@H]3c4sc(=O)[nH]c4S[C@@H]4[C@@H]5C[C@@H]([C@@H]6C(=O)N(c7ccc(F)cc7)C(=O)[C@@H]56)[C@H]34)c2)c1. The second-order valence-corrected chi connectivity index (χ2v) is 14.4. The topological polar surface area (TPSA) is 109 Å². The van der Waals surface area contributed by atoms with Crippen LogP contribution in [0.3, 0.4) is 0 Å². The molecule has 2 aliphatic carbocycles. The number of carbonyl (C=O) groups is 3. The zero-order valence-corrected chi connectivity index (χ0v) is 25.7. The van der Waals surface area contributed by atoms with Crippen molar-refractivity contribution in [1.82, 2.24) is 4.98 Å². The lowest BCUT2D eigenvalue weighted by atomic mass is 9.68. The van der Waals surface area contributed by atoms with Gasteiger partial charge in [-0.15, -0.1) is 11.8 Å². The van der Waals surface area contributed by atoms with Gasteiger partial charge in [0.05, 0.1) is 22.5 Å². The molecule has 3 amide bonds. The summed E-state index contributed by atoms with van der Waals surface area (Å²) < 4.78 is 19.6. The zero-order valence-electron chi connectivity index (χ0n) is 24.1. The van der Waals surface area contributed by atoms with Gasteiger partial charge in [-0.3, -0.25) is 24.1 Å². The van der Waals surface area contributed by atoms with Crippen molar-refractivity contribution in [2.75, 3.05) is 16.8 Å². The summed E-state index contributed by atoms with van der Waals surface area (Å²) in [5.74, 6) is -1.76. The molecule has 2 aliphatic heterocycles. The molecule has 3 fully saturated rings. The summed E-state index contributed by atoms with van der Waals surface area (Å²) in [6.45, 7) is 1.79. The van der Waals surface area contributed by atoms with E-state index in [4.69, 9.17) is 4.74 Å². The van der Waals surface area contributed by atoms with Crippen LogP contribution in [0.15, 0.2) is 82.6 Å². The number of aromatic nitrogens is 1. The number of aryl methyl sites for hydroxylation is 1. The Morgan fingerprint density at radius 2 is 1.76 bits per heavy atom. The van der Waals surface area contributed by atoms with E-state index in [1.165, 1.54) is 40.5 Å². The molecule has 1 saturated heterocycles. The van der Waals surface area contributed by atoms with Crippen LogP contribution in [0.2, 0.25) is 0 Å². The highest BCUT2D eigenvalue weighted by atomic mass is 32.2. The first-order chi connectivity index (χ1) is 21.8. The molecule has 2 bridgehead atoms. The maximum Gasteiger partial charge on any atom is 0.305 e. The summed E-state index contributed by atoms with van der Waals surface area (Å²) in [5.41, 5.74) is 3.07. The molecule has 0 radical (unpaired) electrons. The predicted molar refractivity (Wildman–Crippen MR) is 169 cm³/mol. The van der Waals surface area contributed by atoms with Crippen LogP contribution in [0.4, 0.5) is 15.8 Å². The summed E-state index contributed by atoms with van der Waals surface area (Å²) >= 11 is 2.81. The summed E-state index contributed by atoms with van der Waals surface area (Å²) in [6.07, 6.45) is 0.761. The van der Waals surface area contributed by atoms with Crippen molar-refractivity contribution in [2.45, 2.75) is 29.5 Å². The van der Waals surface area contributed by atoms with Crippen molar-refractivity contribution in [3.8, 4) is 5.75 Å². The zero-order chi connectivity index (χ0) is 31.0. The number of hydrogen-bond acceptors (Lipinski definition) is 7. The van der Waals surface area contributed by atoms with Gasteiger partial charge < -0.3 is 15.0 Å². The van der Waals surface area contributed by atoms with E-state index in [2.05, 4.69) is 10.3 Å². The number of ether oxygens (including phenoxy) is 1. The molecule has 3 aromatic carbocycles. The van der Waals surface area contributed by atoms with Gasteiger partial charge in [-0.25, -0.2) is 4.39 Å². The number of hydrogen-bond donors (Lipinski definition) is 2. The van der Waals surface area contributed by atoms with Gasteiger partial charge in [-0.1, -0.05) is 35.6 Å². The first-order valence-corrected chi connectivity index (χ1v) is 16.6. The van der Waals surface area contributed by atoms with Crippen LogP contribution >= 0.6 is 23.1 Å². The van der Waals surface area contributed by atoms with Crippen LogP contribution in [-0.4, -0.2) is 34.6 Å². The second kappa shape index (κ2) is 10.7. The molecule has 8 nitrogen and oxygen atoms in total. The van der Waals surface area contributed by atoms with Crippen LogP contribution in [0.1, 0.15) is 28.3 Å². The highest BCUT2D eigenvalue weighted by Gasteiger charge is 2.69. The maximum atomic E-state index is 13.9. The van der Waals surface area contributed by atoms with E-state index in [9.17, 15) is 23.6 Å². The van der Waals surface area contributed by atoms with Gasteiger partial charge in [0.1, 0.15) is 11.6 Å². The molecule has 11 heteroatoms. The van der Waals surface area contributed by atoms with Gasteiger partial charge in [0.2, 0.25) is 11.8 Å². The minimum Gasteiger partial charge on any atom is -0.484 e. The normalized spacial score (nSPS) is 27.7. The molecule has 45 heavy (non-hydrogen) atoms. The number of benzene rings is 3. The van der Waals surface area contributed by atoms with Crippen LogP contribution in [0, 0.1) is 42.3 Å². The van der Waals surface area contributed by atoms with E-state index >= 15 is 0 Å². The monoisotopic (exact) mass is 641 g/mol. The molecule has 8 rings (SSSR count). The average molecular weight is 642 g/mol. The fraction of sp³-hybridized carbons (Fsp3) is 0.294. The molecule has 7 atom stereocenters. The Balaban J connectivity index is 1.09. The molecule has 4 aliphatic rings. The second-order valence-electron chi connectivity index (χ2n) is 12.2. The highest BCUT2D eigenvalue weighted by Crippen LogP contribution is 2.68. The standard InChI is InChI=1S/C34H28FN3O5S2/c1-16-4-2-6-19(12-16)36-24(39)15-43-21-7-3-5-17(13-21)25-26-22-14-23(29(26)44-31-30(25)45-34(42)37-31)28-27(22)32(40)38(33(28)41)20-10-8-18(35)9-11-20/h2-13,22-23,25-29H,14-15H2,1H3,(H,36,39)(H,37,42)/t22-,23-,25+,26-,27+,28+,29-/m1/s1. The van der Waals surface area contributed by atoms with E-state index in [0.29, 0.717) is 17.1 Å². The van der Waals surface area contributed by atoms with Gasteiger partial charge in [0, 0.05) is 21.7 Å². The smallest absolute Gasteiger partial charge is 0.305 e. The molecule has 0 spiro atoms. The Labute approximate surface area is 266 Å². The number of aromatic amines is 1. The van der Waals surface area contributed by atoms with E-state index < -0.39 is 17.7 Å². The predicted octanol–water partition coefficient (Wildman–Crippen LogP) is 5.58. The summed E-state index contributed by atoms with van der Waals surface area (Å²) in [6, 6.07) is 20.6. The number of anilines is 2. The maximum absolute atomic E-state index is 13.9. The fourth-order valence-electron chi connectivity index (χ4n) is 8.10. The van der Waals surface area contributed by atoms with Crippen molar-refractivity contribution in [3.05, 3.63) is 104 Å². The van der Waals surface area contributed by atoms with Crippen LogP contribution in [0.5, 0.6) is 5.75 Å². The van der Waals surface area contributed by atoms with E-state index in [1.54, 1.807) is 17.8 Å². The third kappa shape index (κ3) is 4.63. The lowest BCUT2D eigenvalue weighted by Crippen LogP contribution is -2.42. The molecule has 4 aromatic rings. The number of fused-ring (bicyclic) bond motifs is 9. The quantitative estimate of drug-likeness (QED) is 0.266. The first-order valence-electron chi connectivity index (χ1n) is 14.9. The molecule has 1 aromatic heterocycles. The van der Waals surface area contributed by atoms with Crippen LogP contribution in [-0.2, 0) is 14.4 Å². The van der Waals surface area contributed by atoms with Gasteiger partial charge in [-0.05, 0) is 90.8 Å². The highest BCUT2D eigenvalue weighted by molar-refractivity contribution is 8.00. The number of thiazole rings is 1. The molecule has 3 heterocycles. The number of rotatable bonds is 6. The Bertz CT molecular complexity index is 1920. The molecular weight excluding hydrogens is 614 g/mol. The number of halogens is 1. The summed E-state index contributed by atoms with van der Waals surface area (Å²) in [5, 5.41) is 3.71. The molecule has 228 valence electrons. The molecule has 2 saturated carbocycles. The third-order valence-electron chi connectivity index (χ3n) is 9.70. The van der Waals surface area contributed by atoms with Gasteiger partial charge in [0.25, 0.3) is 5.91 Å². The number of carbonyl (C=O) groups excluding carboxylic acids is 3. The van der Waals surface area contributed by atoms with Gasteiger partial charge >= 0.3 is 4.87 Å². The number of H-pyrrole nitrogens is 1. The number of imide groups is 1. The minimum atomic E-state index is -0.459. The average Bonchev–Trinajstić information content (AvgIpc) is 3.75. The van der Waals surface area contributed by atoms with Crippen molar-refractivity contribution in [1.29, 1.82) is 0 Å². The number of nitrogens with one attached hydrogen (secondary N) is 2. The van der Waals surface area contributed by atoms with Gasteiger partial charge in [-0.2, -0.15) is 0 Å².